The van der Waals surface area contributed by atoms with E-state index in [0.717, 1.165) is 41.5 Å². The van der Waals surface area contributed by atoms with Crippen LogP contribution in [0.15, 0.2) is 22.1 Å². The van der Waals surface area contributed by atoms with Crippen LogP contribution in [-0.2, 0) is 11.3 Å². The van der Waals surface area contributed by atoms with Crippen molar-refractivity contribution in [2.45, 2.75) is 32.4 Å². The van der Waals surface area contributed by atoms with E-state index in [1.54, 1.807) is 12.6 Å². The molecule has 5 nitrogen and oxygen atoms in total. The number of carbonyl (C=O) groups is 1. The van der Waals surface area contributed by atoms with E-state index in [1.165, 1.54) is 11.3 Å². The van der Waals surface area contributed by atoms with Crippen LogP contribution in [0.2, 0.25) is 0 Å². The third-order valence-corrected chi connectivity index (χ3v) is 4.67. The number of carbonyl (C=O) groups excluding carboxylic acids is 1. The van der Waals surface area contributed by atoms with Crippen molar-refractivity contribution in [3.8, 4) is 0 Å². The first-order valence-electron chi connectivity index (χ1n) is 6.99. The fraction of sp³-hybridized carbons (Fsp3) is 0.467. The van der Waals surface area contributed by atoms with E-state index >= 15 is 0 Å². The Bertz CT molecular complexity index is 634. The molecule has 3 heterocycles. The lowest BCUT2D eigenvalue weighted by Crippen LogP contribution is -2.30. The van der Waals surface area contributed by atoms with Crippen LogP contribution in [0.4, 0.5) is 0 Å². The highest BCUT2D eigenvalue weighted by Crippen LogP contribution is 2.35. The van der Waals surface area contributed by atoms with Crippen molar-refractivity contribution in [1.82, 2.24) is 9.88 Å². The average Bonchev–Trinajstić information content (AvgIpc) is 3.17. The lowest BCUT2D eigenvalue weighted by molar-refractivity contribution is 0.0720. The monoisotopic (exact) mass is 306 g/mol. The van der Waals surface area contributed by atoms with Crippen LogP contribution in [0.25, 0.3) is 0 Å². The zero-order valence-corrected chi connectivity index (χ0v) is 13.0. The van der Waals surface area contributed by atoms with Gasteiger partial charge in [-0.1, -0.05) is 0 Å². The molecular formula is C15H18N2O3S. The van der Waals surface area contributed by atoms with Gasteiger partial charge in [-0.2, -0.15) is 0 Å². The fourth-order valence-corrected chi connectivity index (χ4v) is 3.49. The molecule has 21 heavy (non-hydrogen) atoms. The van der Waals surface area contributed by atoms with Crippen molar-refractivity contribution in [3.05, 3.63) is 39.7 Å². The largest absolute Gasteiger partial charge is 0.461 e. The third kappa shape index (κ3) is 2.73. The minimum absolute atomic E-state index is 0.0182. The van der Waals surface area contributed by atoms with Gasteiger partial charge in [0.2, 0.25) is 0 Å². The van der Waals surface area contributed by atoms with E-state index in [-0.39, 0.29) is 11.9 Å². The molecule has 1 atom stereocenters. The Kier molecular flexibility index (Phi) is 4.07. The van der Waals surface area contributed by atoms with E-state index in [2.05, 4.69) is 4.98 Å². The van der Waals surface area contributed by atoms with Crippen LogP contribution in [-0.4, -0.2) is 29.4 Å². The Hall–Kier alpha value is -1.66. The Balaban J connectivity index is 1.81. The van der Waals surface area contributed by atoms with Crippen LogP contribution in [0, 0.1) is 6.92 Å². The Morgan fingerprint density at radius 2 is 2.43 bits per heavy atom. The number of methoxy groups -OCH3 is 1. The molecule has 0 aliphatic carbocycles. The van der Waals surface area contributed by atoms with Crippen molar-refractivity contribution < 1.29 is 13.9 Å². The maximum atomic E-state index is 12.7. The molecule has 3 rings (SSSR count). The number of hydrogen-bond donors (Lipinski definition) is 0. The van der Waals surface area contributed by atoms with Gasteiger partial charge in [0.15, 0.2) is 0 Å². The average molecular weight is 306 g/mol. The van der Waals surface area contributed by atoms with Gasteiger partial charge in [0.1, 0.15) is 23.0 Å². The second kappa shape index (κ2) is 5.99. The highest BCUT2D eigenvalue weighted by molar-refractivity contribution is 7.11. The number of ether oxygens (including phenoxy) is 1. The zero-order valence-electron chi connectivity index (χ0n) is 12.2. The zero-order chi connectivity index (χ0) is 14.8. The number of furan rings is 1. The molecule has 1 fully saturated rings. The van der Waals surface area contributed by atoms with Crippen molar-refractivity contribution >= 4 is 17.2 Å². The van der Waals surface area contributed by atoms with E-state index < -0.39 is 0 Å². The quantitative estimate of drug-likeness (QED) is 0.870. The topological polar surface area (TPSA) is 55.6 Å². The molecule has 0 spiro atoms. The molecule has 2 aromatic heterocycles. The number of hydrogen-bond acceptors (Lipinski definition) is 5. The van der Waals surface area contributed by atoms with Crippen molar-refractivity contribution in [2.24, 2.45) is 0 Å². The molecule has 1 amide bonds. The van der Waals surface area contributed by atoms with Gasteiger partial charge in [-0.05, 0) is 31.9 Å². The number of thiazole rings is 1. The summed E-state index contributed by atoms with van der Waals surface area (Å²) < 4.78 is 10.9. The maximum Gasteiger partial charge on any atom is 0.266 e. The molecule has 0 N–H and O–H groups in total. The van der Waals surface area contributed by atoms with Crippen LogP contribution >= 0.6 is 11.3 Å². The number of aromatic nitrogens is 1. The predicted molar refractivity (Wildman–Crippen MR) is 79.3 cm³/mol. The third-order valence-electron chi connectivity index (χ3n) is 3.75. The van der Waals surface area contributed by atoms with Gasteiger partial charge < -0.3 is 14.1 Å². The van der Waals surface area contributed by atoms with Crippen molar-refractivity contribution in [1.29, 1.82) is 0 Å². The molecule has 1 aliphatic heterocycles. The first kappa shape index (κ1) is 14.3. The van der Waals surface area contributed by atoms with Gasteiger partial charge in [0, 0.05) is 13.7 Å². The summed E-state index contributed by atoms with van der Waals surface area (Å²) in [5.74, 6) is 1.69. The van der Waals surface area contributed by atoms with Gasteiger partial charge in [0.25, 0.3) is 5.91 Å². The van der Waals surface area contributed by atoms with Crippen LogP contribution in [0.3, 0.4) is 0 Å². The number of nitrogens with zero attached hydrogens (tertiary/aromatic N) is 2. The van der Waals surface area contributed by atoms with Crippen molar-refractivity contribution in [3.63, 3.8) is 0 Å². The summed E-state index contributed by atoms with van der Waals surface area (Å²) in [5, 5.41) is 0. The molecule has 0 unspecified atom stereocenters. The molecule has 0 bridgehead atoms. The van der Waals surface area contributed by atoms with Gasteiger partial charge in [-0.25, -0.2) is 4.98 Å². The molecular weight excluding hydrogens is 288 g/mol. The normalized spacial score (nSPS) is 18.4. The fourth-order valence-electron chi connectivity index (χ4n) is 2.74. The first-order valence-corrected chi connectivity index (χ1v) is 7.87. The molecule has 6 heteroatoms. The molecule has 1 saturated heterocycles. The Morgan fingerprint density at radius 1 is 1.57 bits per heavy atom. The number of rotatable bonds is 4. The van der Waals surface area contributed by atoms with Crippen LogP contribution in [0.5, 0.6) is 0 Å². The standard InChI is InChI=1S/C15H18N2O3S/c1-10-14(21-9-16-10)15(18)17-7-3-4-12(17)13-6-5-11(20-13)8-19-2/h5-6,9,12H,3-4,7-8H2,1-2H3/t12-/m1/s1. The summed E-state index contributed by atoms with van der Waals surface area (Å²) in [6.07, 6.45) is 1.93. The molecule has 112 valence electrons. The molecule has 0 saturated carbocycles. The summed E-state index contributed by atoms with van der Waals surface area (Å²) in [6.45, 7) is 3.09. The first-order chi connectivity index (χ1) is 10.2. The minimum atomic E-state index is 0.0182. The summed E-state index contributed by atoms with van der Waals surface area (Å²) >= 11 is 1.40. The SMILES string of the molecule is COCc1ccc([C@H]2CCCN2C(=O)c2scnc2C)o1. The number of aryl methyl sites for hydroxylation is 1. The number of amides is 1. The highest BCUT2D eigenvalue weighted by atomic mass is 32.1. The lowest BCUT2D eigenvalue weighted by atomic mass is 10.1. The molecule has 0 radical (unpaired) electrons. The van der Waals surface area contributed by atoms with E-state index in [9.17, 15) is 4.79 Å². The Labute approximate surface area is 127 Å². The Morgan fingerprint density at radius 3 is 3.14 bits per heavy atom. The molecule has 2 aromatic rings. The van der Waals surface area contributed by atoms with Gasteiger partial charge in [-0.3, -0.25) is 4.79 Å². The van der Waals surface area contributed by atoms with E-state index in [1.807, 2.05) is 24.0 Å². The minimum Gasteiger partial charge on any atom is -0.461 e. The van der Waals surface area contributed by atoms with E-state index in [4.69, 9.17) is 9.15 Å². The molecule has 1 aliphatic rings. The summed E-state index contributed by atoms with van der Waals surface area (Å²) in [4.78, 5) is 19.5. The second-order valence-electron chi connectivity index (χ2n) is 5.16. The van der Waals surface area contributed by atoms with E-state index in [0.29, 0.717) is 6.61 Å². The van der Waals surface area contributed by atoms with Gasteiger partial charge >= 0.3 is 0 Å². The second-order valence-corrected chi connectivity index (χ2v) is 6.02. The van der Waals surface area contributed by atoms with Crippen LogP contribution < -0.4 is 0 Å². The summed E-state index contributed by atoms with van der Waals surface area (Å²) in [5.41, 5.74) is 2.52. The maximum absolute atomic E-state index is 12.7. The lowest BCUT2D eigenvalue weighted by Gasteiger charge is -2.22. The predicted octanol–water partition coefficient (Wildman–Crippen LogP) is 3.17. The summed E-state index contributed by atoms with van der Waals surface area (Å²) in [6, 6.07) is 3.88. The highest BCUT2D eigenvalue weighted by Gasteiger charge is 2.33. The van der Waals surface area contributed by atoms with Gasteiger partial charge in [0.05, 0.1) is 17.2 Å². The number of likely N-dealkylation sites (tertiary alicyclic amines) is 1. The van der Waals surface area contributed by atoms with Crippen LogP contribution in [0.1, 0.15) is 45.8 Å². The molecule has 0 aromatic carbocycles. The summed E-state index contributed by atoms with van der Waals surface area (Å²) in [7, 11) is 1.64. The van der Waals surface area contributed by atoms with Crippen molar-refractivity contribution in [2.75, 3.05) is 13.7 Å². The van der Waals surface area contributed by atoms with Gasteiger partial charge in [-0.15, -0.1) is 11.3 Å². The smallest absolute Gasteiger partial charge is 0.266 e.